The van der Waals surface area contributed by atoms with Gasteiger partial charge in [0.1, 0.15) is 5.82 Å². The third-order valence-electron chi connectivity index (χ3n) is 3.85. The number of halogens is 2. The van der Waals surface area contributed by atoms with Gasteiger partial charge in [0.05, 0.1) is 35.8 Å². The molecule has 1 heterocycles. The fraction of sp³-hybridized carbons (Fsp3) is 0.294. The Balaban J connectivity index is 2.71. The summed E-state index contributed by atoms with van der Waals surface area (Å²) in [5, 5.41) is 3.01. The van der Waals surface area contributed by atoms with Crippen LogP contribution >= 0.6 is 15.9 Å². The first-order valence-electron chi connectivity index (χ1n) is 7.12. The molecular weight excluding hydrogens is 381 g/mol. The molecule has 5 nitrogen and oxygen atoms in total. The molecule has 0 atom stereocenters. The highest BCUT2D eigenvalue weighted by Crippen LogP contribution is 2.40. The van der Waals surface area contributed by atoms with Crippen molar-refractivity contribution in [2.24, 2.45) is 0 Å². The number of methoxy groups -OCH3 is 2. The molecule has 1 N–H and O–H groups in total. The smallest absolute Gasteiger partial charge is 0.336 e. The molecule has 0 radical (unpaired) electrons. The van der Waals surface area contributed by atoms with Gasteiger partial charge in [0.25, 0.3) is 0 Å². The van der Waals surface area contributed by atoms with Gasteiger partial charge in [-0.3, -0.25) is 0 Å². The molecule has 1 aliphatic heterocycles. The number of ether oxygens (including phenoxy) is 2. The van der Waals surface area contributed by atoms with E-state index in [4.69, 9.17) is 9.47 Å². The Morgan fingerprint density at radius 2 is 1.58 bits per heavy atom. The van der Waals surface area contributed by atoms with Crippen molar-refractivity contribution in [3.63, 3.8) is 0 Å². The van der Waals surface area contributed by atoms with Gasteiger partial charge in [-0.05, 0) is 47.5 Å². The number of rotatable bonds is 3. The SMILES string of the molecule is COC(=O)C1=C(C)NC(C)=C(C(=O)OC)C1c1ccc(F)c(Br)c1. The second-order valence-electron chi connectivity index (χ2n) is 5.29. The van der Waals surface area contributed by atoms with E-state index in [9.17, 15) is 14.0 Å². The minimum absolute atomic E-state index is 0.238. The van der Waals surface area contributed by atoms with Crippen molar-refractivity contribution in [3.05, 3.63) is 56.6 Å². The molecule has 128 valence electrons. The van der Waals surface area contributed by atoms with E-state index in [-0.39, 0.29) is 15.6 Å². The summed E-state index contributed by atoms with van der Waals surface area (Å²) in [5.74, 6) is -2.30. The molecule has 0 unspecified atom stereocenters. The Kier molecular flexibility index (Phi) is 5.43. The summed E-state index contributed by atoms with van der Waals surface area (Å²) in [6.45, 7) is 3.44. The third-order valence-corrected chi connectivity index (χ3v) is 4.46. The van der Waals surface area contributed by atoms with E-state index < -0.39 is 23.7 Å². The van der Waals surface area contributed by atoms with Crippen molar-refractivity contribution in [3.8, 4) is 0 Å². The van der Waals surface area contributed by atoms with E-state index >= 15 is 0 Å². The van der Waals surface area contributed by atoms with Crippen molar-refractivity contribution >= 4 is 27.9 Å². The van der Waals surface area contributed by atoms with Crippen LogP contribution in [0.1, 0.15) is 25.3 Å². The summed E-state index contributed by atoms with van der Waals surface area (Å²) in [6, 6.07) is 4.34. The van der Waals surface area contributed by atoms with Crippen LogP contribution in [0.25, 0.3) is 0 Å². The molecule has 0 spiro atoms. The molecule has 0 saturated carbocycles. The average Bonchev–Trinajstić information content (AvgIpc) is 2.55. The van der Waals surface area contributed by atoms with Crippen LogP contribution in [0.5, 0.6) is 0 Å². The minimum atomic E-state index is -0.719. The molecule has 0 aromatic heterocycles. The molecule has 1 aromatic carbocycles. The second kappa shape index (κ2) is 7.17. The zero-order valence-electron chi connectivity index (χ0n) is 13.7. The molecule has 0 amide bonds. The van der Waals surface area contributed by atoms with Crippen molar-refractivity contribution in [2.45, 2.75) is 19.8 Å². The Morgan fingerprint density at radius 1 is 1.08 bits per heavy atom. The first-order chi connectivity index (χ1) is 11.3. The summed E-state index contributed by atoms with van der Waals surface area (Å²) in [6.07, 6.45) is 0. The maximum atomic E-state index is 13.6. The molecule has 2 rings (SSSR count). The van der Waals surface area contributed by atoms with Crippen LogP contribution in [-0.4, -0.2) is 26.2 Å². The number of benzene rings is 1. The lowest BCUT2D eigenvalue weighted by atomic mass is 9.80. The number of hydrogen-bond donors (Lipinski definition) is 1. The standard InChI is InChI=1S/C17H17BrFNO4/c1-8-13(16(21)23-3)15(10-5-6-12(19)11(18)7-10)14(9(2)20-8)17(22)24-4/h5-7,15,20H,1-4H3. The monoisotopic (exact) mass is 397 g/mol. The van der Waals surface area contributed by atoms with Gasteiger partial charge in [0, 0.05) is 11.4 Å². The van der Waals surface area contributed by atoms with Crippen LogP contribution in [0.3, 0.4) is 0 Å². The van der Waals surface area contributed by atoms with Gasteiger partial charge in [-0.2, -0.15) is 0 Å². The number of carbonyl (C=O) groups excluding carboxylic acids is 2. The largest absolute Gasteiger partial charge is 0.466 e. The highest BCUT2D eigenvalue weighted by molar-refractivity contribution is 9.10. The van der Waals surface area contributed by atoms with Crippen LogP contribution in [0.2, 0.25) is 0 Å². The first kappa shape index (κ1) is 18.2. The van der Waals surface area contributed by atoms with Gasteiger partial charge in [0.15, 0.2) is 0 Å². The molecule has 0 saturated heterocycles. The molecule has 0 aliphatic carbocycles. The van der Waals surface area contributed by atoms with Gasteiger partial charge in [0.2, 0.25) is 0 Å². The van der Waals surface area contributed by atoms with Gasteiger partial charge in [-0.15, -0.1) is 0 Å². The first-order valence-corrected chi connectivity index (χ1v) is 7.91. The molecule has 1 aliphatic rings. The van der Waals surface area contributed by atoms with Crippen LogP contribution in [0.4, 0.5) is 4.39 Å². The average molecular weight is 398 g/mol. The highest BCUT2D eigenvalue weighted by atomic mass is 79.9. The van der Waals surface area contributed by atoms with E-state index in [2.05, 4.69) is 21.2 Å². The fourth-order valence-electron chi connectivity index (χ4n) is 2.78. The van der Waals surface area contributed by atoms with Crippen molar-refractivity contribution < 1.29 is 23.5 Å². The Bertz CT molecular complexity index is 732. The quantitative estimate of drug-likeness (QED) is 0.793. The molecule has 0 fully saturated rings. The maximum Gasteiger partial charge on any atom is 0.336 e. The normalized spacial score (nSPS) is 15.2. The zero-order chi connectivity index (χ0) is 18.0. The minimum Gasteiger partial charge on any atom is -0.466 e. The van der Waals surface area contributed by atoms with Crippen LogP contribution in [0, 0.1) is 5.82 Å². The predicted molar refractivity (Wildman–Crippen MR) is 89.4 cm³/mol. The van der Waals surface area contributed by atoms with E-state index in [1.165, 1.54) is 32.4 Å². The number of allylic oxidation sites excluding steroid dienone is 2. The lowest BCUT2D eigenvalue weighted by Gasteiger charge is -2.30. The summed E-state index contributed by atoms with van der Waals surface area (Å²) in [4.78, 5) is 24.6. The van der Waals surface area contributed by atoms with Gasteiger partial charge in [-0.25, -0.2) is 14.0 Å². The summed E-state index contributed by atoms with van der Waals surface area (Å²) < 4.78 is 23.6. The topological polar surface area (TPSA) is 64.6 Å². The second-order valence-corrected chi connectivity index (χ2v) is 6.15. The fourth-order valence-corrected chi connectivity index (χ4v) is 3.18. The lowest BCUT2D eigenvalue weighted by molar-refractivity contribution is -0.137. The molecular formula is C17H17BrFNO4. The Hall–Kier alpha value is -2.15. The van der Waals surface area contributed by atoms with Crippen LogP contribution in [0.15, 0.2) is 45.2 Å². The molecule has 7 heteroatoms. The van der Waals surface area contributed by atoms with Crippen LogP contribution < -0.4 is 5.32 Å². The Labute approximate surface area is 147 Å². The number of dihydropyridines is 1. The van der Waals surface area contributed by atoms with Crippen LogP contribution in [-0.2, 0) is 19.1 Å². The highest BCUT2D eigenvalue weighted by Gasteiger charge is 2.37. The zero-order valence-corrected chi connectivity index (χ0v) is 15.3. The van der Waals surface area contributed by atoms with Crippen molar-refractivity contribution in [2.75, 3.05) is 14.2 Å². The molecule has 1 aromatic rings. The summed E-state index contributed by atoms with van der Waals surface area (Å²) >= 11 is 3.14. The van der Waals surface area contributed by atoms with Gasteiger partial charge >= 0.3 is 11.9 Å². The van der Waals surface area contributed by atoms with E-state index in [1.54, 1.807) is 13.8 Å². The number of hydrogen-bond acceptors (Lipinski definition) is 5. The Morgan fingerprint density at radius 3 is 2.00 bits per heavy atom. The third kappa shape index (κ3) is 3.21. The van der Waals surface area contributed by atoms with Gasteiger partial charge < -0.3 is 14.8 Å². The number of esters is 2. The summed E-state index contributed by atoms with van der Waals surface area (Å²) in [7, 11) is 2.53. The summed E-state index contributed by atoms with van der Waals surface area (Å²) in [5.41, 5.74) is 2.27. The van der Waals surface area contributed by atoms with Crippen molar-refractivity contribution in [1.29, 1.82) is 0 Å². The van der Waals surface area contributed by atoms with E-state index in [1.807, 2.05) is 0 Å². The number of carbonyl (C=O) groups is 2. The maximum absolute atomic E-state index is 13.6. The van der Waals surface area contributed by atoms with E-state index in [0.29, 0.717) is 17.0 Å². The molecule has 24 heavy (non-hydrogen) atoms. The van der Waals surface area contributed by atoms with E-state index in [0.717, 1.165) is 0 Å². The lowest BCUT2D eigenvalue weighted by Crippen LogP contribution is -2.32. The van der Waals surface area contributed by atoms with Crippen molar-refractivity contribution in [1.82, 2.24) is 5.32 Å². The number of nitrogens with one attached hydrogen (secondary N) is 1. The van der Waals surface area contributed by atoms with Gasteiger partial charge in [-0.1, -0.05) is 6.07 Å². The predicted octanol–water partition coefficient (Wildman–Crippen LogP) is 3.17. The molecule has 0 bridgehead atoms.